The Labute approximate surface area is 185 Å². The fourth-order valence-electron chi connectivity index (χ4n) is 3.66. The van der Waals surface area contributed by atoms with Gasteiger partial charge in [0.1, 0.15) is 0 Å². The zero-order chi connectivity index (χ0) is 22.1. The highest BCUT2D eigenvalue weighted by Gasteiger charge is 2.36. The molecule has 1 atom stereocenters. The number of rotatable bonds is 6. The average molecular weight is 442 g/mol. The van der Waals surface area contributed by atoms with Gasteiger partial charge in [0.15, 0.2) is 11.5 Å². The van der Waals surface area contributed by atoms with Gasteiger partial charge in [-0.25, -0.2) is 0 Å². The van der Waals surface area contributed by atoms with Gasteiger partial charge >= 0.3 is 0 Å². The number of carbonyl (C=O) groups excluding carboxylic acids is 1. The minimum atomic E-state index is -0.183. The van der Waals surface area contributed by atoms with E-state index >= 15 is 0 Å². The van der Waals surface area contributed by atoms with Gasteiger partial charge in [-0.2, -0.15) is 4.98 Å². The van der Waals surface area contributed by atoms with Crippen LogP contribution in [0.5, 0.6) is 11.5 Å². The lowest BCUT2D eigenvalue weighted by Gasteiger charge is -2.18. The summed E-state index contributed by atoms with van der Waals surface area (Å²) < 4.78 is 16.7. The number of anilines is 1. The zero-order valence-corrected chi connectivity index (χ0v) is 18.6. The number of nitrogens with zero attached hydrogens (tertiary/aromatic N) is 3. The fourth-order valence-corrected chi connectivity index (χ4v) is 3.82. The van der Waals surface area contributed by atoms with Crippen molar-refractivity contribution in [1.82, 2.24) is 10.1 Å². The van der Waals surface area contributed by atoms with Crippen LogP contribution in [0.3, 0.4) is 0 Å². The highest BCUT2D eigenvalue weighted by Crippen LogP contribution is 2.36. The van der Waals surface area contributed by atoms with Gasteiger partial charge in [-0.1, -0.05) is 22.8 Å². The number of carbonyl (C=O) groups is 1. The number of methoxy groups -OCH3 is 1. The molecule has 7 nitrogen and oxygen atoms in total. The van der Waals surface area contributed by atoms with Crippen LogP contribution in [0.25, 0.3) is 11.4 Å². The quantitative estimate of drug-likeness (QED) is 0.534. The van der Waals surface area contributed by atoms with Gasteiger partial charge in [0, 0.05) is 29.2 Å². The van der Waals surface area contributed by atoms with Crippen LogP contribution in [0.2, 0.25) is 5.02 Å². The molecule has 1 unspecified atom stereocenters. The third-order valence-corrected chi connectivity index (χ3v) is 5.40. The number of aromatic nitrogens is 2. The Bertz CT molecular complexity index is 1110. The molecular weight excluding hydrogens is 418 g/mol. The molecule has 0 radical (unpaired) electrons. The zero-order valence-electron chi connectivity index (χ0n) is 17.9. The molecule has 1 saturated heterocycles. The second kappa shape index (κ2) is 8.59. The molecule has 1 aliphatic heterocycles. The smallest absolute Gasteiger partial charge is 0.232 e. The van der Waals surface area contributed by atoms with Gasteiger partial charge in [-0.05, 0) is 56.7 Å². The fraction of sp³-hybridized carbons (Fsp3) is 0.348. The van der Waals surface area contributed by atoms with Crippen molar-refractivity contribution in [2.24, 2.45) is 0 Å². The van der Waals surface area contributed by atoms with Crippen molar-refractivity contribution in [3.8, 4) is 22.9 Å². The van der Waals surface area contributed by atoms with Gasteiger partial charge in [-0.15, -0.1) is 0 Å². The molecule has 31 heavy (non-hydrogen) atoms. The van der Waals surface area contributed by atoms with E-state index in [-0.39, 0.29) is 17.9 Å². The van der Waals surface area contributed by atoms with Crippen LogP contribution < -0.4 is 14.4 Å². The van der Waals surface area contributed by atoms with Gasteiger partial charge in [0.05, 0.1) is 19.1 Å². The van der Waals surface area contributed by atoms with Crippen LogP contribution in [0.1, 0.15) is 37.6 Å². The Kier molecular flexibility index (Phi) is 5.87. The number of amides is 1. The first-order chi connectivity index (χ1) is 14.9. The molecular formula is C23H24ClN3O4. The topological polar surface area (TPSA) is 77.7 Å². The summed E-state index contributed by atoms with van der Waals surface area (Å²) in [5.74, 6) is 1.95. The lowest BCUT2D eigenvalue weighted by Crippen LogP contribution is -2.25. The summed E-state index contributed by atoms with van der Waals surface area (Å²) in [4.78, 5) is 19.0. The maximum atomic E-state index is 12.7. The number of hydrogen-bond acceptors (Lipinski definition) is 6. The molecule has 0 spiro atoms. The summed E-state index contributed by atoms with van der Waals surface area (Å²) in [6.45, 7) is 6.33. The second-order valence-corrected chi connectivity index (χ2v) is 8.26. The summed E-state index contributed by atoms with van der Waals surface area (Å²) in [6, 6.07) is 11.0. The van der Waals surface area contributed by atoms with Gasteiger partial charge in [0.25, 0.3) is 0 Å². The number of ether oxygens (including phenoxy) is 2. The molecule has 162 valence electrons. The Morgan fingerprint density at radius 1 is 1.19 bits per heavy atom. The van der Waals surface area contributed by atoms with Crippen molar-refractivity contribution in [3.63, 3.8) is 0 Å². The SMILES string of the molecule is COc1cc(-c2noc(C3CC(=O)N(c4cc(Cl)ccc4C)C3)n2)ccc1OC(C)C. The van der Waals surface area contributed by atoms with Gasteiger partial charge in [-0.3, -0.25) is 4.79 Å². The van der Waals surface area contributed by atoms with Crippen molar-refractivity contribution in [1.29, 1.82) is 0 Å². The van der Waals surface area contributed by atoms with Crippen molar-refractivity contribution in [3.05, 3.63) is 52.9 Å². The van der Waals surface area contributed by atoms with E-state index < -0.39 is 0 Å². The maximum absolute atomic E-state index is 12.7. The molecule has 2 aromatic carbocycles. The van der Waals surface area contributed by atoms with E-state index in [1.807, 2.05) is 57.2 Å². The third kappa shape index (κ3) is 4.37. The Balaban J connectivity index is 1.55. The predicted octanol–water partition coefficient (Wildman–Crippen LogP) is 5.01. The van der Waals surface area contributed by atoms with E-state index in [2.05, 4.69) is 10.1 Å². The predicted molar refractivity (Wildman–Crippen MR) is 118 cm³/mol. The maximum Gasteiger partial charge on any atom is 0.232 e. The van der Waals surface area contributed by atoms with E-state index in [0.717, 1.165) is 16.8 Å². The van der Waals surface area contributed by atoms with Gasteiger partial charge in [0.2, 0.25) is 17.6 Å². The van der Waals surface area contributed by atoms with Crippen molar-refractivity contribution < 1.29 is 18.8 Å². The van der Waals surface area contributed by atoms with E-state index in [4.69, 9.17) is 25.6 Å². The summed E-state index contributed by atoms with van der Waals surface area (Å²) in [6.07, 6.45) is 0.334. The first-order valence-corrected chi connectivity index (χ1v) is 10.5. The Morgan fingerprint density at radius 2 is 2.00 bits per heavy atom. The first-order valence-electron chi connectivity index (χ1n) is 10.1. The number of halogens is 1. The van der Waals surface area contributed by atoms with Crippen LogP contribution in [0, 0.1) is 6.92 Å². The summed E-state index contributed by atoms with van der Waals surface area (Å²) in [5.41, 5.74) is 2.54. The molecule has 1 aromatic heterocycles. The molecule has 8 heteroatoms. The molecule has 2 heterocycles. The molecule has 4 rings (SSSR count). The summed E-state index contributed by atoms with van der Waals surface area (Å²) in [5, 5.41) is 4.71. The summed E-state index contributed by atoms with van der Waals surface area (Å²) >= 11 is 6.13. The highest BCUT2D eigenvalue weighted by molar-refractivity contribution is 6.31. The molecule has 1 amide bonds. The van der Waals surface area contributed by atoms with Crippen LogP contribution in [-0.2, 0) is 4.79 Å². The van der Waals surface area contributed by atoms with Crippen LogP contribution >= 0.6 is 11.6 Å². The number of benzene rings is 2. The van der Waals surface area contributed by atoms with E-state index in [0.29, 0.717) is 41.2 Å². The minimum Gasteiger partial charge on any atom is -0.493 e. The number of aryl methyl sites for hydroxylation is 1. The molecule has 0 N–H and O–H groups in total. The minimum absolute atomic E-state index is 0.00646. The second-order valence-electron chi connectivity index (χ2n) is 7.82. The Hall–Kier alpha value is -3.06. The van der Waals surface area contributed by atoms with Crippen LogP contribution in [-0.4, -0.2) is 35.8 Å². The molecule has 1 fully saturated rings. The molecule has 0 aliphatic carbocycles. The van der Waals surface area contributed by atoms with E-state index in [1.165, 1.54) is 0 Å². The first kappa shape index (κ1) is 21.2. The van der Waals surface area contributed by atoms with E-state index in [9.17, 15) is 4.79 Å². The van der Waals surface area contributed by atoms with Crippen LogP contribution in [0.4, 0.5) is 5.69 Å². The van der Waals surface area contributed by atoms with Crippen molar-refractivity contribution in [2.75, 3.05) is 18.6 Å². The number of hydrogen-bond donors (Lipinski definition) is 0. The monoisotopic (exact) mass is 441 g/mol. The third-order valence-electron chi connectivity index (χ3n) is 5.16. The Morgan fingerprint density at radius 3 is 2.74 bits per heavy atom. The standard InChI is InChI=1S/C23H24ClN3O4/c1-13(2)30-19-8-6-15(9-20(19)29-4)22-25-23(31-26-22)16-10-21(28)27(12-16)18-11-17(24)7-5-14(18)3/h5-9,11,13,16H,10,12H2,1-4H3. The van der Waals surface area contributed by atoms with E-state index in [1.54, 1.807) is 12.0 Å². The molecule has 0 saturated carbocycles. The largest absolute Gasteiger partial charge is 0.493 e. The molecule has 3 aromatic rings. The van der Waals surface area contributed by atoms with Crippen molar-refractivity contribution >= 4 is 23.2 Å². The van der Waals surface area contributed by atoms with Crippen LogP contribution in [0.15, 0.2) is 40.9 Å². The van der Waals surface area contributed by atoms with Crippen molar-refractivity contribution in [2.45, 2.75) is 39.2 Å². The molecule has 0 bridgehead atoms. The summed E-state index contributed by atoms with van der Waals surface area (Å²) in [7, 11) is 1.59. The highest BCUT2D eigenvalue weighted by atomic mass is 35.5. The lowest BCUT2D eigenvalue weighted by atomic mass is 10.1. The van der Waals surface area contributed by atoms with Gasteiger partial charge < -0.3 is 18.9 Å². The normalized spacial score (nSPS) is 16.3. The lowest BCUT2D eigenvalue weighted by molar-refractivity contribution is -0.117. The average Bonchev–Trinajstić information content (AvgIpc) is 3.37. The molecule has 1 aliphatic rings.